The lowest BCUT2D eigenvalue weighted by Gasteiger charge is -2.03. The second kappa shape index (κ2) is 7.10. The van der Waals surface area contributed by atoms with Gasteiger partial charge in [0.1, 0.15) is 27.5 Å². The summed E-state index contributed by atoms with van der Waals surface area (Å²) in [4.78, 5) is 26.9. The van der Waals surface area contributed by atoms with Gasteiger partial charge < -0.3 is 5.32 Å². The van der Waals surface area contributed by atoms with Crippen LogP contribution in [-0.4, -0.2) is 26.6 Å². The summed E-state index contributed by atoms with van der Waals surface area (Å²) < 4.78 is 27.4. The Morgan fingerprint density at radius 3 is 2.85 bits per heavy atom. The zero-order chi connectivity index (χ0) is 19.1. The number of carbonyl (C=O) groups is 1. The predicted molar refractivity (Wildman–Crippen MR) is 106 cm³/mol. The van der Waals surface area contributed by atoms with Gasteiger partial charge in [-0.05, 0) is 25.5 Å². The molecule has 5 nitrogen and oxygen atoms in total. The lowest BCUT2D eigenvalue weighted by molar-refractivity contribution is -0.113. The maximum Gasteiger partial charge on any atom is 0.236 e. The molecule has 27 heavy (non-hydrogen) atoms. The van der Waals surface area contributed by atoms with E-state index in [2.05, 4.69) is 20.3 Å². The van der Waals surface area contributed by atoms with Gasteiger partial charge in [0.25, 0.3) is 0 Å². The molecule has 4 aromatic rings. The van der Waals surface area contributed by atoms with Crippen LogP contribution in [0.3, 0.4) is 0 Å². The van der Waals surface area contributed by atoms with Crippen molar-refractivity contribution in [1.82, 2.24) is 15.0 Å². The lowest BCUT2D eigenvalue weighted by Crippen LogP contribution is -2.13. The molecule has 0 atom stereocenters. The van der Waals surface area contributed by atoms with Gasteiger partial charge in [-0.25, -0.2) is 23.7 Å². The van der Waals surface area contributed by atoms with Gasteiger partial charge in [-0.2, -0.15) is 0 Å². The molecule has 1 N–H and O–H groups in total. The van der Waals surface area contributed by atoms with E-state index in [1.807, 2.05) is 13.8 Å². The Labute approximate surface area is 164 Å². The number of amides is 1. The first-order valence-corrected chi connectivity index (χ1v) is 10.4. The standard InChI is InChI=1S/C17H12F2N4OS3/c1-7-8(2)26-16-13(7)15(20-6-21-16)25-5-12(24)22-17-23-14-10(19)3-9(18)4-11(14)27-17/h3-4,6H,5H2,1-2H3,(H,22,23,24). The number of rotatable bonds is 4. The Bertz CT molecular complexity index is 1190. The number of aromatic nitrogens is 3. The van der Waals surface area contributed by atoms with E-state index in [1.54, 1.807) is 11.3 Å². The van der Waals surface area contributed by atoms with E-state index in [9.17, 15) is 13.6 Å². The number of aryl methyl sites for hydroxylation is 2. The molecular weight excluding hydrogens is 410 g/mol. The molecule has 3 heterocycles. The second-order valence-electron chi connectivity index (χ2n) is 5.73. The number of halogens is 2. The van der Waals surface area contributed by atoms with Crippen molar-refractivity contribution in [3.05, 3.63) is 40.5 Å². The van der Waals surface area contributed by atoms with Crippen LogP contribution in [-0.2, 0) is 4.79 Å². The molecule has 0 saturated heterocycles. The zero-order valence-corrected chi connectivity index (χ0v) is 16.6. The number of hydrogen-bond donors (Lipinski definition) is 1. The summed E-state index contributed by atoms with van der Waals surface area (Å²) in [6.07, 6.45) is 1.49. The average molecular weight is 423 g/mol. The number of carbonyl (C=O) groups excluding carboxylic acids is 1. The van der Waals surface area contributed by atoms with E-state index < -0.39 is 11.6 Å². The topological polar surface area (TPSA) is 67.8 Å². The van der Waals surface area contributed by atoms with Gasteiger partial charge in [0.05, 0.1) is 10.5 Å². The minimum Gasteiger partial charge on any atom is -0.301 e. The molecule has 0 spiro atoms. The number of fused-ring (bicyclic) bond motifs is 2. The normalized spacial score (nSPS) is 11.4. The Kier molecular flexibility index (Phi) is 4.79. The Balaban J connectivity index is 1.50. The first kappa shape index (κ1) is 18.2. The van der Waals surface area contributed by atoms with Gasteiger partial charge in [0.2, 0.25) is 5.91 Å². The number of thioether (sulfide) groups is 1. The Morgan fingerprint density at radius 2 is 2.04 bits per heavy atom. The van der Waals surface area contributed by atoms with Crippen molar-refractivity contribution in [2.75, 3.05) is 11.1 Å². The molecule has 0 bridgehead atoms. The van der Waals surface area contributed by atoms with Crippen LogP contribution in [0.25, 0.3) is 20.4 Å². The first-order valence-electron chi connectivity index (χ1n) is 7.81. The number of anilines is 1. The van der Waals surface area contributed by atoms with Gasteiger partial charge in [-0.1, -0.05) is 23.1 Å². The van der Waals surface area contributed by atoms with E-state index in [0.717, 1.165) is 38.2 Å². The van der Waals surface area contributed by atoms with Crippen LogP contribution in [0.4, 0.5) is 13.9 Å². The highest BCUT2D eigenvalue weighted by Gasteiger charge is 2.15. The molecule has 0 saturated carbocycles. The summed E-state index contributed by atoms with van der Waals surface area (Å²) in [5, 5.41) is 4.58. The van der Waals surface area contributed by atoms with Crippen LogP contribution < -0.4 is 5.32 Å². The molecule has 0 fully saturated rings. The number of hydrogen-bond acceptors (Lipinski definition) is 7. The summed E-state index contributed by atoms with van der Waals surface area (Å²) in [6.45, 7) is 4.04. The third-order valence-corrected chi connectivity index (χ3v) is 6.95. The molecule has 3 aromatic heterocycles. The minimum absolute atomic E-state index is 0.0474. The first-order chi connectivity index (χ1) is 12.9. The third kappa shape index (κ3) is 3.52. The van der Waals surface area contributed by atoms with Crippen molar-refractivity contribution in [2.24, 2.45) is 0 Å². The van der Waals surface area contributed by atoms with Crippen molar-refractivity contribution in [3.63, 3.8) is 0 Å². The van der Waals surface area contributed by atoms with Crippen molar-refractivity contribution in [1.29, 1.82) is 0 Å². The van der Waals surface area contributed by atoms with Gasteiger partial charge in [-0.15, -0.1) is 11.3 Å². The number of nitrogens with zero attached hydrogens (tertiary/aromatic N) is 3. The van der Waals surface area contributed by atoms with Gasteiger partial charge >= 0.3 is 0 Å². The SMILES string of the molecule is Cc1sc2ncnc(SCC(=O)Nc3nc4c(F)cc(F)cc4s3)c2c1C. The molecular formula is C17H12F2N4OS3. The van der Waals surface area contributed by atoms with Crippen LogP contribution in [0.15, 0.2) is 23.5 Å². The number of benzene rings is 1. The van der Waals surface area contributed by atoms with Gasteiger partial charge in [0, 0.05) is 16.3 Å². The number of thiophene rings is 1. The van der Waals surface area contributed by atoms with E-state index >= 15 is 0 Å². The summed E-state index contributed by atoms with van der Waals surface area (Å²) in [6, 6.07) is 1.97. The van der Waals surface area contributed by atoms with E-state index in [0.29, 0.717) is 4.70 Å². The largest absolute Gasteiger partial charge is 0.301 e. The highest BCUT2D eigenvalue weighted by Crippen LogP contribution is 2.34. The Morgan fingerprint density at radius 1 is 1.22 bits per heavy atom. The van der Waals surface area contributed by atoms with Gasteiger partial charge in [-0.3, -0.25) is 4.79 Å². The molecule has 4 rings (SSSR count). The molecule has 0 radical (unpaired) electrons. The molecule has 0 aliphatic heterocycles. The summed E-state index contributed by atoms with van der Waals surface area (Å²) in [7, 11) is 0. The highest BCUT2D eigenvalue weighted by molar-refractivity contribution is 8.00. The maximum absolute atomic E-state index is 13.7. The monoisotopic (exact) mass is 422 g/mol. The fourth-order valence-electron chi connectivity index (χ4n) is 2.56. The van der Waals surface area contributed by atoms with Crippen molar-refractivity contribution in [3.8, 4) is 0 Å². The van der Waals surface area contributed by atoms with Crippen LogP contribution in [0.5, 0.6) is 0 Å². The van der Waals surface area contributed by atoms with Crippen LogP contribution in [0.1, 0.15) is 10.4 Å². The average Bonchev–Trinajstić information content (AvgIpc) is 3.14. The van der Waals surface area contributed by atoms with Gasteiger partial charge in [0.15, 0.2) is 10.9 Å². The van der Waals surface area contributed by atoms with Crippen LogP contribution >= 0.6 is 34.4 Å². The fourth-order valence-corrected chi connectivity index (χ4v) is 5.40. The summed E-state index contributed by atoms with van der Waals surface area (Å²) in [5.41, 5.74) is 1.16. The minimum atomic E-state index is -0.747. The summed E-state index contributed by atoms with van der Waals surface area (Å²) in [5.74, 6) is -1.60. The Hall–Kier alpha value is -2.17. The number of thiazole rings is 1. The highest BCUT2D eigenvalue weighted by atomic mass is 32.2. The van der Waals surface area contributed by atoms with Crippen LogP contribution in [0, 0.1) is 25.5 Å². The van der Waals surface area contributed by atoms with Crippen molar-refractivity contribution < 1.29 is 13.6 Å². The molecule has 1 aromatic carbocycles. The maximum atomic E-state index is 13.7. The number of nitrogens with one attached hydrogen (secondary N) is 1. The fraction of sp³-hybridized carbons (Fsp3) is 0.176. The molecule has 10 heteroatoms. The molecule has 0 aliphatic rings. The predicted octanol–water partition coefficient (Wildman–Crippen LogP) is 4.93. The third-order valence-electron chi connectivity index (χ3n) is 3.93. The molecule has 1 amide bonds. The van der Waals surface area contributed by atoms with Crippen molar-refractivity contribution >= 4 is 65.9 Å². The molecule has 0 unspecified atom stereocenters. The second-order valence-corrected chi connectivity index (χ2v) is 8.93. The molecule has 0 aliphatic carbocycles. The molecule has 138 valence electrons. The lowest BCUT2D eigenvalue weighted by atomic mass is 10.2. The van der Waals surface area contributed by atoms with E-state index in [1.165, 1.54) is 29.0 Å². The van der Waals surface area contributed by atoms with E-state index in [4.69, 9.17) is 0 Å². The van der Waals surface area contributed by atoms with Crippen LogP contribution in [0.2, 0.25) is 0 Å². The smallest absolute Gasteiger partial charge is 0.236 e. The quantitative estimate of drug-likeness (QED) is 0.373. The van der Waals surface area contributed by atoms with E-state index in [-0.39, 0.29) is 22.3 Å². The van der Waals surface area contributed by atoms with Crippen molar-refractivity contribution in [2.45, 2.75) is 18.9 Å². The zero-order valence-electron chi connectivity index (χ0n) is 14.2. The summed E-state index contributed by atoms with van der Waals surface area (Å²) >= 11 is 3.93.